The Labute approximate surface area is 215 Å². The molecule has 1 aliphatic rings. The van der Waals surface area contributed by atoms with Gasteiger partial charge in [-0.3, -0.25) is 9.89 Å². The monoisotopic (exact) mass is 570 g/mol. The third-order valence-electron chi connectivity index (χ3n) is 5.69. The molecule has 8 heteroatoms. The zero-order valence-corrected chi connectivity index (χ0v) is 22.3. The van der Waals surface area contributed by atoms with Crippen LogP contribution in [-0.2, 0) is 29.1 Å². The van der Waals surface area contributed by atoms with Crippen LogP contribution in [0.5, 0.6) is 0 Å². The summed E-state index contributed by atoms with van der Waals surface area (Å²) >= 11 is 0. The van der Waals surface area contributed by atoms with Gasteiger partial charge in [0, 0.05) is 53.1 Å². The first kappa shape index (κ1) is 27.6. The highest BCUT2D eigenvalue weighted by Crippen LogP contribution is 2.15. The molecule has 0 bridgehead atoms. The van der Waals surface area contributed by atoms with Gasteiger partial charge in [-0.2, -0.15) is 0 Å². The fraction of sp³-hybridized carbons (Fsp3) is 0.560. The maximum Gasteiger partial charge on any atom is 0.191 e. The van der Waals surface area contributed by atoms with E-state index in [0.717, 1.165) is 83.6 Å². The van der Waals surface area contributed by atoms with Crippen molar-refractivity contribution in [2.24, 2.45) is 10.9 Å². The molecule has 0 amide bonds. The van der Waals surface area contributed by atoms with E-state index in [9.17, 15) is 0 Å². The molecule has 1 saturated heterocycles. The van der Waals surface area contributed by atoms with Gasteiger partial charge in [0.05, 0.1) is 12.8 Å². The molecule has 7 nitrogen and oxygen atoms in total. The normalized spacial score (nSPS) is 14.8. The quantitative estimate of drug-likeness (QED) is 0.174. The molecule has 1 aromatic carbocycles. The smallest absolute Gasteiger partial charge is 0.191 e. The predicted molar refractivity (Wildman–Crippen MR) is 143 cm³/mol. The summed E-state index contributed by atoms with van der Waals surface area (Å²) in [7, 11) is 3.91. The van der Waals surface area contributed by atoms with E-state index in [1.165, 1.54) is 11.1 Å². The van der Waals surface area contributed by atoms with Gasteiger partial charge >= 0.3 is 0 Å². The summed E-state index contributed by atoms with van der Waals surface area (Å²) in [6.07, 6.45) is 4.92. The van der Waals surface area contributed by atoms with E-state index in [1.54, 1.807) is 13.3 Å². The summed E-state index contributed by atoms with van der Waals surface area (Å²) in [5.74, 6) is 2.45. The molecule has 3 rings (SSSR count). The molecule has 1 fully saturated rings. The van der Waals surface area contributed by atoms with Gasteiger partial charge in [0.15, 0.2) is 5.96 Å². The van der Waals surface area contributed by atoms with Crippen molar-refractivity contribution in [2.45, 2.75) is 38.9 Å². The predicted octanol–water partition coefficient (Wildman–Crippen LogP) is 4.03. The lowest BCUT2D eigenvalue weighted by molar-refractivity contribution is 0.0203. The topological polar surface area (TPSA) is 71.3 Å². The standard InChI is InChI=1S/C25H38N4O3.HI/c1-26-25(27-12-6-13-31-20-21-10-15-30-16-11-21)28-17-22-7-3-4-8-23(22)18-29(2)19-24-9-5-14-32-24;/h3-5,7-9,14,21H,6,10-13,15-20H2,1-2H3,(H2,26,27,28);1H. The molecule has 0 saturated carbocycles. The lowest BCUT2D eigenvalue weighted by atomic mass is 10.0. The first-order chi connectivity index (χ1) is 15.7. The lowest BCUT2D eigenvalue weighted by Gasteiger charge is -2.21. The number of hydrogen-bond donors (Lipinski definition) is 2. The second-order valence-corrected chi connectivity index (χ2v) is 8.36. The van der Waals surface area contributed by atoms with E-state index in [4.69, 9.17) is 13.9 Å². The van der Waals surface area contributed by atoms with E-state index in [-0.39, 0.29) is 24.0 Å². The van der Waals surface area contributed by atoms with Gasteiger partial charge in [0.25, 0.3) is 0 Å². The molecule has 184 valence electrons. The van der Waals surface area contributed by atoms with Gasteiger partial charge in [0.2, 0.25) is 0 Å². The molecule has 2 heterocycles. The Hall–Kier alpha value is -1.62. The zero-order chi connectivity index (χ0) is 22.4. The summed E-state index contributed by atoms with van der Waals surface area (Å²) in [6, 6.07) is 12.5. The van der Waals surface area contributed by atoms with Gasteiger partial charge in [0.1, 0.15) is 5.76 Å². The average Bonchev–Trinajstić information content (AvgIpc) is 3.32. The Morgan fingerprint density at radius 2 is 1.88 bits per heavy atom. The highest BCUT2D eigenvalue weighted by Gasteiger charge is 2.13. The van der Waals surface area contributed by atoms with Gasteiger partial charge < -0.3 is 24.5 Å². The van der Waals surface area contributed by atoms with Crippen LogP contribution in [0, 0.1) is 5.92 Å². The van der Waals surface area contributed by atoms with Crippen LogP contribution in [0.25, 0.3) is 0 Å². The Balaban J connectivity index is 0.00000385. The molecular weight excluding hydrogens is 531 g/mol. The molecule has 2 N–H and O–H groups in total. The Bertz CT molecular complexity index is 795. The number of aliphatic imine (C=N–C) groups is 1. The van der Waals surface area contributed by atoms with Gasteiger partial charge in [-0.1, -0.05) is 24.3 Å². The number of furan rings is 1. The van der Waals surface area contributed by atoms with Crippen LogP contribution < -0.4 is 10.6 Å². The van der Waals surface area contributed by atoms with Crippen LogP contribution in [0.3, 0.4) is 0 Å². The Morgan fingerprint density at radius 3 is 2.61 bits per heavy atom. The second-order valence-electron chi connectivity index (χ2n) is 8.36. The molecule has 1 aromatic heterocycles. The van der Waals surface area contributed by atoms with Gasteiger partial charge in [-0.25, -0.2) is 0 Å². The summed E-state index contributed by atoms with van der Waals surface area (Å²) in [4.78, 5) is 6.61. The highest BCUT2D eigenvalue weighted by molar-refractivity contribution is 14.0. The fourth-order valence-corrected chi connectivity index (χ4v) is 3.84. The van der Waals surface area contributed by atoms with E-state index in [0.29, 0.717) is 5.92 Å². The SMILES string of the molecule is CN=C(NCCCOCC1CCOCC1)NCc1ccccc1CN(C)Cc1ccco1.I. The number of rotatable bonds is 12. The minimum absolute atomic E-state index is 0. The first-order valence-electron chi connectivity index (χ1n) is 11.6. The lowest BCUT2D eigenvalue weighted by Crippen LogP contribution is -2.37. The number of guanidine groups is 1. The summed E-state index contributed by atoms with van der Waals surface area (Å²) < 4.78 is 16.7. The maximum atomic E-state index is 5.84. The van der Waals surface area contributed by atoms with Crippen LogP contribution in [0.2, 0.25) is 0 Å². The number of nitrogens with zero attached hydrogens (tertiary/aromatic N) is 2. The molecule has 0 spiro atoms. The largest absolute Gasteiger partial charge is 0.468 e. The van der Waals surface area contributed by atoms with E-state index < -0.39 is 0 Å². The number of hydrogen-bond acceptors (Lipinski definition) is 5. The third kappa shape index (κ3) is 10.5. The van der Waals surface area contributed by atoms with Crippen molar-refractivity contribution in [3.63, 3.8) is 0 Å². The number of nitrogens with one attached hydrogen (secondary N) is 2. The fourth-order valence-electron chi connectivity index (χ4n) is 3.84. The Morgan fingerprint density at radius 1 is 1.09 bits per heavy atom. The van der Waals surface area contributed by atoms with E-state index in [1.807, 2.05) is 12.1 Å². The van der Waals surface area contributed by atoms with Crippen LogP contribution >= 0.6 is 24.0 Å². The molecule has 0 unspecified atom stereocenters. The Kier molecular flexibility index (Phi) is 13.5. The third-order valence-corrected chi connectivity index (χ3v) is 5.69. The minimum Gasteiger partial charge on any atom is -0.468 e. The molecule has 0 aliphatic carbocycles. The van der Waals surface area contributed by atoms with Gasteiger partial charge in [-0.05, 0) is 55.5 Å². The second kappa shape index (κ2) is 16.1. The van der Waals surface area contributed by atoms with Crippen molar-refractivity contribution >= 4 is 29.9 Å². The first-order valence-corrected chi connectivity index (χ1v) is 11.6. The van der Waals surface area contributed by atoms with Crippen molar-refractivity contribution in [2.75, 3.05) is 47.1 Å². The summed E-state index contributed by atoms with van der Waals surface area (Å²) in [5.41, 5.74) is 2.56. The van der Waals surface area contributed by atoms with Crippen molar-refractivity contribution < 1.29 is 13.9 Å². The van der Waals surface area contributed by atoms with Crippen LogP contribution in [-0.4, -0.2) is 57.9 Å². The van der Waals surface area contributed by atoms with Crippen molar-refractivity contribution in [1.82, 2.24) is 15.5 Å². The molecule has 0 radical (unpaired) electrons. The number of ether oxygens (including phenoxy) is 2. The minimum atomic E-state index is 0. The van der Waals surface area contributed by atoms with E-state index >= 15 is 0 Å². The van der Waals surface area contributed by atoms with Crippen molar-refractivity contribution in [1.29, 1.82) is 0 Å². The van der Waals surface area contributed by atoms with Crippen LogP contribution in [0.4, 0.5) is 0 Å². The van der Waals surface area contributed by atoms with Gasteiger partial charge in [-0.15, -0.1) is 24.0 Å². The molecule has 1 aliphatic heterocycles. The summed E-state index contributed by atoms with van der Waals surface area (Å²) in [6.45, 7) is 6.57. The van der Waals surface area contributed by atoms with Crippen LogP contribution in [0.1, 0.15) is 36.1 Å². The molecule has 0 atom stereocenters. The number of halogens is 1. The zero-order valence-electron chi connectivity index (χ0n) is 19.9. The number of benzene rings is 1. The maximum absolute atomic E-state index is 5.84. The van der Waals surface area contributed by atoms with E-state index in [2.05, 4.69) is 51.8 Å². The van der Waals surface area contributed by atoms with Crippen molar-refractivity contribution in [3.05, 3.63) is 59.5 Å². The summed E-state index contributed by atoms with van der Waals surface area (Å²) in [5, 5.41) is 6.82. The van der Waals surface area contributed by atoms with Crippen molar-refractivity contribution in [3.8, 4) is 0 Å². The molecular formula is C25H39IN4O3. The van der Waals surface area contributed by atoms with Crippen LogP contribution in [0.15, 0.2) is 52.1 Å². The molecule has 2 aromatic rings. The molecule has 33 heavy (non-hydrogen) atoms. The average molecular weight is 571 g/mol. The highest BCUT2D eigenvalue weighted by atomic mass is 127.